The first-order valence-corrected chi connectivity index (χ1v) is 11.8. The van der Waals surface area contributed by atoms with Crippen molar-refractivity contribution in [1.29, 1.82) is 0 Å². The fraction of sp³-hybridized carbons (Fsp3) is 0.364. The van der Waals surface area contributed by atoms with E-state index in [0.29, 0.717) is 43.3 Å². The molecule has 1 fully saturated rings. The average molecular weight is 446 g/mol. The van der Waals surface area contributed by atoms with Crippen LogP contribution in [0, 0.1) is 5.82 Å². The minimum atomic E-state index is -3.71. The summed E-state index contributed by atoms with van der Waals surface area (Å²) >= 11 is 0. The molecule has 0 unspecified atom stereocenters. The van der Waals surface area contributed by atoms with Gasteiger partial charge in [-0.25, -0.2) is 4.39 Å². The molecule has 0 radical (unpaired) electrons. The Hall–Kier alpha value is -2.94. The number of amidine groups is 1. The summed E-state index contributed by atoms with van der Waals surface area (Å²) in [4.78, 5) is 14.7. The van der Waals surface area contributed by atoms with Gasteiger partial charge in [-0.05, 0) is 62.1 Å². The standard InChI is InChI=1S/C22H24FN3O4S/c23-16-9-11-17(12-10-16)30-15-4-3-13-24-22(27)19-7-5-14-26(19)21-18-6-1-2-8-20(18)31(28,29)25-21/h1-2,6,8-12,19H,3-5,7,13-15H2,(H,24,27)/t19-/m0/s1. The third-order valence-corrected chi connectivity index (χ3v) is 6.72. The molecule has 0 bridgehead atoms. The Morgan fingerprint density at radius 3 is 2.74 bits per heavy atom. The summed E-state index contributed by atoms with van der Waals surface area (Å²) in [5.74, 6) is 0.544. The molecule has 164 valence electrons. The van der Waals surface area contributed by atoms with E-state index in [2.05, 4.69) is 9.71 Å². The highest BCUT2D eigenvalue weighted by Gasteiger charge is 2.38. The van der Waals surface area contributed by atoms with E-state index in [1.807, 2.05) is 0 Å². The summed E-state index contributed by atoms with van der Waals surface area (Å²) in [6.45, 7) is 1.56. The van der Waals surface area contributed by atoms with Crippen molar-refractivity contribution < 1.29 is 22.3 Å². The van der Waals surface area contributed by atoms with Crippen molar-refractivity contribution in [3.05, 3.63) is 59.9 Å². The first-order valence-electron chi connectivity index (χ1n) is 10.3. The molecule has 7 nitrogen and oxygen atoms in total. The number of benzene rings is 2. The molecule has 31 heavy (non-hydrogen) atoms. The van der Waals surface area contributed by atoms with E-state index < -0.39 is 16.1 Å². The molecule has 0 aromatic heterocycles. The van der Waals surface area contributed by atoms with Crippen molar-refractivity contribution in [3.63, 3.8) is 0 Å². The van der Waals surface area contributed by atoms with E-state index in [4.69, 9.17) is 4.74 Å². The van der Waals surface area contributed by atoms with Gasteiger partial charge in [0.15, 0.2) is 5.84 Å². The Kier molecular flexibility index (Phi) is 6.22. The van der Waals surface area contributed by atoms with Gasteiger partial charge in [0.25, 0.3) is 10.0 Å². The van der Waals surface area contributed by atoms with Crippen LogP contribution in [0.25, 0.3) is 0 Å². The lowest BCUT2D eigenvalue weighted by Crippen LogP contribution is -2.46. The van der Waals surface area contributed by atoms with Crippen LogP contribution >= 0.6 is 0 Å². The summed E-state index contributed by atoms with van der Waals surface area (Å²) in [6.07, 6.45) is 2.92. The Morgan fingerprint density at radius 2 is 1.94 bits per heavy atom. The molecule has 1 saturated heterocycles. The number of sulfonamides is 1. The lowest BCUT2D eigenvalue weighted by atomic mass is 10.1. The van der Waals surface area contributed by atoms with Gasteiger partial charge in [0.1, 0.15) is 22.5 Å². The second-order valence-corrected chi connectivity index (χ2v) is 9.11. The zero-order valence-electron chi connectivity index (χ0n) is 17.0. The number of rotatable bonds is 7. The molecule has 2 aromatic rings. The van der Waals surface area contributed by atoms with E-state index in [0.717, 1.165) is 19.3 Å². The molecular weight excluding hydrogens is 421 g/mol. The molecule has 2 aliphatic rings. The van der Waals surface area contributed by atoms with Crippen LogP contribution in [0.4, 0.5) is 4.39 Å². The van der Waals surface area contributed by atoms with Crippen molar-refractivity contribution in [2.75, 3.05) is 19.7 Å². The summed E-state index contributed by atoms with van der Waals surface area (Å²) in [6, 6.07) is 12.1. The molecular formula is C22H24FN3O4S. The number of halogens is 1. The van der Waals surface area contributed by atoms with Crippen LogP contribution in [0.5, 0.6) is 5.75 Å². The van der Waals surface area contributed by atoms with E-state index in [1.165, 1.54) is 12.1 Å². The molecule has 0 spiro atoms. The third-order valence-electron chi connectivity index (χ3n) is 5.39. The molecule has 4 rings (SSSR count). The van der Waals surface area contributed by atoms with Gasteiger partial charge in [0.05, 0.1) is 6.61 Å². The predicted octanol–water partition coefficient (Wildman–Crippen LogP) is 2.71. The van der Waals surface area contributed by atoms with Gasteiger partial charge in [0, 0.05) is 18.7 Å². The zero-order chi connectivity index (χ0) is 21.8. The topological polar surface area (TPSA) is 88.1 Å². The predicted molar refractivity (Wildman–Crippen MR) is 114 cm³/mol. The number of ether oxygens (including phenoxy) is 1. The smallest absolute Gasteiger partial charge is 0.285 e. The highest BCUT2D eigenvalue weighted by molar-refractivity contribution is 7.90. The van der Waals surface area contributed by atoms with Crippen LogP contribution in [0.15, 0.2) is 57.8 Å². The lowest BCUT2D eigenvalue weighted by Gasteiger charge is -2.25. The lowest BCUT2D eigenvalue weighted by molar-refractivity contribution is -0.124. The van der Waals surface area contributed by atoms with Crippen LogP contribution in [0.2, 0.25) is 0 Å². The second-order valence-electron chi connectivity index (χ2n) is 7.54. The van der Waals surface area contributed by atoms with Crippen LogP contribution in [0.1, 0.15) is 31.2 Å². The van der Waals surface area contributed by atoms with Crippen LogP contribution in [0.3, 0.4) is 0 Å². The van der Waals surface area contributed by atoms with Gasteiger partial charge in [-0.3, -0.25) is 4.79 Å². The van der Waals surface area contributed by atoms with E-state index in [1.54, 1.807) is 41.3 Å². The Labute approximate surface area is 181 Å². The Bertz CT molecular complexity index is 1090. The molecule has 1 atom stereocenters. The minimum Gasteiger partial charge on any atom is -0.494 e. The fourth-order valence-electron chi connectivity index (χ4n) is 3.87. The number of nitrogens with zero attached hydrogens (tertiary/aromatic N) is 2. The average Bonchev–Trinajstić information content (AvgIpc) is 3.35. The zero-order valence-corrected chi connectivity index (χ0v) is 17.8. The largest absolute Gasteiger partial charge is 0.494 e. The monoisotopic (exact) mass is 445 g/mol. The Morgan fingerprint density at radius 1 is 1.16 bits per heavy atom. The van der Waals surface area contributed by atoms with Gasteiger partial charge < -0.3 is 15.0 Å². The molecule has 2 aliphatic heterocycles. The van der Waals surface area contributed by atoms with Gasteiger partial charge in [-0.1, -0.05) is 12.1 Å². The molecule has 2 aromatic carbocycles. The number of carbonyl (C=O) groups is 1. The number of fused-ring (bicyclic) bond motifs is 1. The fourth-order valence-corrected chi connectivity index (χ4v) is 5.08. The first kappa shape index (κ1) is 21.3. The third kappa shape index (κ3) is 4.71. The van der Waals surface area contributed by atoms with Gasteiger partial charge in [-0.15, -0.1) is 4.40 Å². The van der Waals surface area contributed by atoms with Crippen molar-refractivity contribution in [2.45, 2.75) is 36.6 Å². The van der Waals surface area contributed by atoms with Crippen molar-refractivity contribution in [3.8, 4) is 5.75 Å². The summed E-state index contributed by atoms with van der Waals surface area (Å²) in [7, 11) is -3.71. The molecule has 9 heteroatoms. The second kappa shape index (κ2) is 9.05. The van der Waals surface area contributed by atoms with Crippen LogP contribution in [-0.2, 0) is 14.8 Å². The van der Waals surface area contributed by atoms with E-state index >= 15 is 0 Å². The normalized spacial score (nSPS) is 19.1. The number of hydrogen-bond acceptors (Lipinski definition) is 5. The first-order chi connectivity index (χ1) is 15.0. The van der Waals surface area contributed by atoms with Crippen molar-refractivity contribution in [2.24, 2.45) is 4.40 Å². The molecule has 1 amide bonds. The van der Waals surface area contributed by atoms with E-state index in [9.17, 15) is 17.6 Å². The van der Waals surface area contributed by atoms with Crippen LogP contribution < -0.4 is 10.1 Å². The SMILES string of the molecule is O=C(NCCCCOc1ccc(F)cc1)[C@@H]1CCCN1C1=NS(=O)(=O)c2ccccc21. The molecule has 2 heterocycles. The van der Waals surface area contributed by atoms with Crippen molar-refractivity contribution >= 4 is 21.8 Å². The number of likely N-dealkylation sites (tertiary alicyclic amines) is 1. The summed E-state index contributed by atoms with van der Waals surface area (Å²) in [5.41, 5.74) is 0.556. The van der Waals surface area contributed by atoms with Crippen molar-refractivity contribution in [1.82, 2.24) is 10.2 Å². The number of hydrogen-bond donors (Lipinski definition) is 1. The van der Waals surface area contributed by atoms with Gasteiger partial charge >= 0.3 is 0 Å². The maximum Gasteiger partial charge on any atom is 0.285 e. The number of nitrogens with one attached hydrogen (secondary N) is 1. The minimum absolute atomic E-state index is 0.124. The number of amides is 1. The maximum atomic E-state index is 12.9. The number of unbranched alkanes of at least 4 members (excludes halogenated alkanes) is 1. The highest BCUT2D eigenvalue weighted by atomic mass is 32.2. The quantitative estimate of drug-likeness (QED) is 0.662. The Balaban J connectivity index is 1.27. The van der Waals surface area contributed by atoms with Crippen LogP contribution in [-0.4, -0.2) is 50.8 Å². The van der Waals surface area contributed by atoms with E-state index in [-0.39, 0.29) is 16.6 Å². The molecule has 0 saturated carbocycles. The highest BCUT2D eigenvalue weighted by Crippen LogP contribution is 2.31. The van der Waals surface area contributed by atoms with Gasteiger partial charge in [0.2, 0.25) is 5.91 Å². The summed E-state index contributed by atoms with van der Waals surface area (Å²) < 4.78 is 47.1. The maximum absolute atomic E-state index is 12.9. The summed E-state index contributed by atoms with van der Waals surface area (Å²) in [5, 5.41) is 2.94. The number of carbonyl (C=O) groups excluding carboxylic acids is 1. The molecule has 0 aliphatic carbocycles. The van der Waals surface area contributed by atoms with Gasteiger partial charge in [-0.2, -0.15) is 8.42 Å². The molecule has 1 N–H and O–H groups in total.